The predicted octanol–water partition coefficient (Wildman–Crippen LogP) is 2.53. The third kappa shape index (κ3) is 3.04. The maximum atomic E-state index is 13.8. The number of hydrogen-bond donors (Lipinski definition) is 1. The van der Waals surface area contributed by atoms with Crippen LogP contribution in [0.1, 0.15) is 19.3 Å². The molecule has 1 N–H and O–H groups in total. The number of fused-ring (bicyclic) bond motifs is 1. The molecule has 6 nitrogen and oxygen atoms in total. The molecule has 7 heteroatoms. The largest absolute Gasteiger partial charge is 0.494 e. The zero-order valence-electron chi connectivity index (χ0n) is 13.0. The zero-order chi connectivity index (χ0) is 16.4. The molecule has 0 amide bonds. The molecule has 1 aromatic carbocycles. The molecule has 2 aromatic rings. The molecule has 122 valence electrons. The highest BCUT2D eigenvalue weighted by Gasteiger charge is 2.31. The Hall–Kier alpha value is -2.44. The van der Waals surface area contributed by atoms with E-state index in [1.54, 1.807) is 6.07 Å². The van der Waals surface area contributed by atoms with Gasteiger partial charge < -0.3 is 14.8 Å². The molecule has 1 heterocycles. The van der Waals surface area contributed by atoms with Crippen LogP contribution < -0.4 is 10.1 Å². The van der Waals surface area contributed by atoms with Crippen molar-refractivity contribution in [1.29, 1.82) is 0 Å². The average Bonchev–Trinajstić information content (AvgIpc) is 3.02. The summed E-state index contributed by atoms with van der Waals surface area (Å²) in [5, 5.41) is 4.01. The van der Waals surface area contributed by atoms with E-state index in [4.69, 9.17) is 9.47 Å². The van der Waals surface area contributed by atoms with Crippen LogP contribution in [0.4, 0.5) is 10.2 Å². The standard InChI is InChI=1S/C16H18FN3O3/c1-22-14-6-11-13(7-12(14)17)18-8-19-15(11)20-10-4-3-9(5-10)16(21)23-2/h6-10H,3-5H2,1-2H3,(H,18,19,20)/t9-,10+/m0/s1. The number of benzene rings is 1. The van der Waals surface area contributed by atoms with Gasteiger partial charge in [0.2, 0.25) is 0 Å². The van der Waals surface area contributed by atoms with Crippen molar-refractivity contribution in [3.05, 3.63) is 24.3 Å². The summed E-state index contributed by atoms with van der Waals surface area (Å²) in [4.78, 5) is 19.9. The number of esters is 1. The van der Waals surface area contributed by atoms with Gasteiger partial charge in [0.05, 0.1) is 25.7 Å². The molecule has 1 aromatic heterocycles. The molecule has 0 radical (unpaired) electrons. The van der Waals surface area contributed by atoms with Crippen LogP contribution in [0.2, 0.25) is 0 Å². The van der Waals surface area contributed by atoms with Gasteiger partial charge in [0.1, 0.15) is 12.1 Å². The smallest absolute Gasteiger partial charge is 0.308 e. The second-order valence-electron chi connectivity index (χ2n) is 5.60. The fraction of sp³-hybridized carbons (Fsp3) is 0.438. The van der Waals surface area contributed by atoms with Crippen molar-refractivity contribution < 1.29 is 18.7 Å². The van der Waals surface area contributed by atoms with Crippen LogP contribution in [0.25, 0.3) is 10.9 Å². The first-order valence-electron chi connectivity index (χ1n) is 7.45. The Morgan fingerprint density at radius 2 is 2.13 bits per heavy atom. The third-order valence-electron chi connectivity index (χ3n) is 4.22. The van der Waals surface area contributed by atoms with Crippen LogP contribution in [0.5, 0.6) is 5.75 Å². The van der Waals surface area contributed by atoms with E-state index in [0.717, 1.165) is 12.8 Å². The number of ether oxygens (including phenoxy) is 2. The summed E-state index contributed by atoms with van der Waals surface area (Å²) in [6, 6.07) is 3.03. The summed E-state index contributed by atoms with van der Waals surface area (Å²) < 4.78 is 23.6. The molecule has 1 aliphatic rings. The van der Waals surface area contributed by atoms with Gasteiger partial charge in [0, 0.05) is 17.5 Å². The van der Waals surface area contributed by atoms with Gasteiger partial charge >= 0.3 is 5.97 Å². The van der Waals surface area contributed by atoms with E-state index in [-0.39, 0.29) is 23.7 Å². The number of halogens is 1. The molecule has 1 saturated carbocycles. The molecular weight excluding hydrogens is 301 g/mol. The number of nitrogens with zero attached hydrogens (tertiary/aromatic N) is 2. The van der Waals surface area contributed by atoms with Crippen molar-refractivity contribution in [2.75, 3.05) is 19.5 Å². The van der Waals surface area contributed by atoms with Crippen molar-refractivity contribution in [3.63, 3.8) is 0 Å². The van der Waals surface area contributed by atoms with E-state index in [0.29, 0.717) is 23.1 Å². The highest BCUT2D eigenvalue weighted by atomic mass is 19.1. The third-order valence-corrected chi connectivity index (χ3v) is 4.22. The number of rotatable bonds is 4. The zero-order valence-corrected chi connectivity index (χ0v) is 13.0. The molecule has 23 heavy (non-hydrogen) atoms. The molecule has 0 aliphatic heterocycles. The number of carbonyl (C=O) groups is 1. The first-order chi connectivity index (χ1) is 11.1. The minimum Gasteiger partial charge on any atom is -0.494 e. The molecule has 0 saturated heterocycles. The Labute approximate surface area is 133 Å². The van der Waals surface area contributed by atoms with Gasteiger partial charge in [-0.3, -0.25) is 4.79 Å². The van der Waals surface area contributed by atoms with Gasteiger partial charge in [-0.05, 0) is 25.3 Å². The van der Waals surface area contributed by atoms with Crippen LogP contribution in [0.3, 0.4) is 0 Å². The Kier molecular flexibility index (Phi) is 4.27. The van der Waals surface area contributed by atoms with Gasteiger partial charge in [-0.15, -0.1) is 0 Å². The summed E-state index contributed by atoms with van der Waals surface area (Å²) in [6.07, 6.45) is 3.72. The number of methoxy groups -OCH3 is 2. The highest BCUT2D eigenvalue weighted by Crippen LogP contribution is 2.32. The van der Waals surface area contributed by atoms with E-state index in [1.165, 1.54) is 26.6 Å². The highest BCUT2D eigenvalue weighted by molar-refractivity contribution is 5.90. The summed E-state index contributed by atoms with van der Waals surface area (Å²) in [6.45, 7) is 0. The van der Waals surface area contributed by atoms with E-state index >= 15 is 0 Å². The molecule has 0 bridgehead atoms. The summed E-state index contributed by atoms with van der Waals surface area (Å²) in [5.41, 5.74) is 0.503. The molecule has 1 fully saturated rings. The van der Waals surface area contributed by atoms with E-state index < -0.39 is 5.82 Å². The van der Waals surface area contributed by atoms with Crippen molar-refractivity contribution in [1.82, 2.24) is 9.97 Å². The maximum absolute atomic E-state index is 13.8. The molecule has 1 aliphatic carbocycles. The second-order valence-corrected chi connectivity index (χ2v) is 5.60. The van der Waals surface area contributed by atoms with E-state index in [1.807, 2.05) is 0 Å². The lowest BCUT2D eigenvalue weighted by molar-refractivity contribution is -0.145. The number of aromatic nitrogens is 2. The topological polar surface area (TPSA) is 73.3 Å². The molecular formula is C16H18FN3O3. The Morgan fingerprint density at radius 3 is 2.87 bits per heavy atom. The number of carbonyl (C=O) groups excluding carboxylic acids is 1. The second kappa shape index (κ2) is 6.36. The first kappa shape index (κ1) is 15.5. The summed E-state index contributed by atoms with van der Waals surface area (Å²) in [5.74, 6) is 0.0393. The molecule has 2 atom stereocenters. The monoisotopic (exact) mass is 319 g/mol. The number of hydrogen-bond acceptors (Lipinski definition) is 6. The normalized spacial score (nSPS) is 20.5. The summed E-state index contributed by atoms with van der Waals surface area (Å²) >= 11 is 0. The fourth-order valence-electron chi connectivity index (χ4n) is 3.02. The van der Waals surface area contributed by atoms with Crippen molar-refractivity contribution in [3.8, 4) is 5.75 Å². The molecule has 0 unspecified atom stereocenters. The maximum Gasteiger partial charge on any atom is 0.308 e. The quantitative estimate of drug-likeness (QED) is 0.873. The van der Waals surface area contributed by atoms with Gasteiger partial charge in [0.15, 0.2) is 11.6 Å². The Morgan fingerprint density at radius 1 is 1.30 bits per heavy atom. The molecule has 3 rings (SSSR count). The lowest BCUT2D eigenvalue weighted by atomic mass is 10.1. The van der Waals surface area contributed by atoms with E-state index in [2.05, 4.69) is 15.3 Å². The van der Waals surface area contributed by atoms with Gasteiger partial charge in [-0.25, -0.2) is 14.4 Å². The minimum absolute atomic E-state index is 0.0856. The lowest BCUT2D eigenvalue weighted by Crippen LogP contribution is -2.19. The van der Waals surface area contributed by atoms with Crippen LogP contribution in [-0.2, 0) is 9.53 Å². The van der Waals surface area contributed by atoms with Gasteiger partial charge in [-0.1, -0.05) is 0 Å². The predicted molar refractivity (Wildman–Crippen MR) is 82.8 cm³/mol. The average molecular weight is 319 g/mol. The van der Waals surface area contributed by atoms with Crippen LogP contribution in [0.15, 0.2) is 18.5 Å². The first-order valence-corrected chi connectivity index (χ1v) is 7.45. The number of anilines is 1. The minimum atomic E-state index is -0.462. The lowest BCUT2D eigenvalue weighted by Gasteiger charge is -2.15. The van der Waals surface area contributed by atoms with Crippen molar-refractivity contribution >= 4 is 22.7 Å². The number of nitrogens with one attached hydrogen (secondary N) is 1. The Balaban J connectivity index is 1.85. The fourth-order valence-corrected chi connectivity index (χ4v) is 3.02. The van der Waals surface area contributed by atoms with Crippen molar-refractivity contribution in [2.24, 2.45) is 5.92 Å². The van der Waals surface area contributed by atoms with Crippen LogP contribution >= 0.6 is 0 Å². The van der Waals surface area contributed by atoms with Gasteiger partial charge in [0.25, 0.3) is 0 Å². The van der Waals surface area contributed by atoms with E-state index in [9.17, 15) is 9.18 Å². The van der Waals surface area contributed by atoms with Crippen LogP contribution in [0, 0.1) is 11.7 Å². The molecule has 0 spiro atoms. The SMILES string of the molecule is COC(=O)[C@H]1CC[C@@H](Nc2ncnc3cc(F)c(OC)cc23)C1. The summed E-state index contributed by atoms with van der Waals surface area (Å²) in [7, 11) is 2.82. The van der Waals surface area contributed by atoms with Crippen LogP contribution in [-0.4, -0.2) is 36.2 Å². The van der Waals surface area contributed by atoms with Crippen molar-refractivity contribution in [2.45, 2.75) is 25.3 Å². The Bertz CT molecular complexity index is 738. The van der Waals surface area contributed by atoms with Gasteiger partial charge in [-0.2, -0.15) is 0 Å².